The van der Waals surface area contributed by atoms with Crippen molar-refractivity contribution in [1.29, 1.82) is 0 Å². The van der Waals surface area contributed by atoms with Gasteiger partial charge in [-0.25, -0.2) is 9.97 Å². The number of aryl methyl sites for hydroxylation is 1. The summed E-state index contributed by atoms with van der Waals surface area (Å²) in [6.45, 7) is 4.54. The Hall–Kier alpha value is -2.69. The highest BCUT2D eigenvalue weighted by Crippen LogP contribution is 2.33. The number of fused-ring (bicyclic) bond motifs is 2. The number of nitrogens with zero attached hydrogens (tertiary/aromatic N) is 3. The fourth-order valence-corrected chi connectivity index (χ4v) is 5.78. The van der Waals surface area contributed by atoms with Gasteiger partial charge in [0.1, 0.15) is 17.0 Å². The highest BCUT2D eigenvalue weighted by Gasteiger charge is 2.29. The Bertz CT molecular complexity index is 1310. The van der Waals surface area contributed by atoms with Gasteiger partial charge >= 0.3 is 6.18 Å². The molecule has 0 aliphatic carbocycles. The van der Waals surface area contributed by atoms with Gasteiger partial charge in [0.05, 0.1) is 18.4 Å². The summed E-state index contributed by atoms with van der Waals surface area (Å²) in [6.07, 6.45) is -2.00. The van der Waals surface area contributed by atoms with Gasteiger partial charge in [0.15, 0.2) is 0 Å². The molecule has 1 aliphatic rings. The SMILES string of the molecule is Cc1cc2c(CO)c(CN3CCC(Nc4ncnc5sc(CC(F)(F)F)cc45)CC3)ccc2[nH]1. The lowest BCUT2D eigenvalue weighted by Crippen LogP contribution is -2.39. The first-order chi connectivity index (χ1) is 16.3. The minimum Gasteiger partial charge on any atom is -0.392 e. The van der Waals surface area contributed by atoms with Crippen LogP contribution in [-0.4, -0.2) is 50.3 Å². The lowest BCUT2D eigenvalue weighted by Gasteiger charge is -2.33. The summed E-state index contributed by atoms with van der Waals surface area (Å²) in [5, 5.41) is 15.2. The van der Waals surface area contributed by atoms with E-state index in [1.165, 1.54) is 6.33 Å². The van der Waals surface area contributed by atoms with Crippen molar-refractivity contribution in [3.8, 4) is 0 Å². The summed E-state index contributed by atoms with van der Waals surface area (Å²) < 4.78 is 38.4. The van der Waals surface area contributed by atoms with Crippen molar-refractivity contribution in [2.24, 2.45) is 0 Å². The van der Waals surface area contributed by atoms with Crippen molar-refractivity contribution < 1.29 is 18.3 Å². The van der Waals surface area contributed by atoms with E-state index >= 15 is 0 Å². The number of benzene rings is 1. The van der Waals surface area contributed by atoms with Gasteiger partial charge in [-0.2, -0.15) is 13.2 Å². The number of aromatic amines is 1. The number of piperidine rings is 1. The number of alkyl halides is 3. The van der Waals surface area contributed by atoms with Crippen molar-refractivity contribution in [1.82, 2.24) is 19.9 Å². The van der Waals surface area contributed by atoms with Crippen molar-refractivity contribution in [3.63, 3.8) is 0 Å². The minimum atomic E-state index is -4.24. The zero-order valence-corrected chi connectivity index (χ0v) is 19.6. The predicted octanol–water partition coefficient (Wildman–Crippen LogP) is 5.15. The van der Waals surface area contributed by atoms with E-state index in [0.29, 0.717) is 16.0 Å². The molecule has 0 bridgehead atoms. The molecule has 1 fully saturated rings. The summed E-state index contributed by atoms with van der Waals surface area (Å²) in [5.74, 6) is 0.601. The van der Waals surface area contributed by atoms with E-state index in [4.69, 9.17) is 0 Å². The van der Waals surface area contributed by atoms with Crippen LogP contribution in [0.5, 0.6) is 0 Å². The molecule has 0 saturated carbocycles. The van der Waals surface area contributed by atoms with Gasteiger partial charge in [-0.1, -0.05) is 6.07 Å². The maximum atomic E-state index is 12.8. The average molecular weight is 490 g/mol. The summed E-state index contributed by atoms with van der Waals surface area (Å²) in [4.78, 5) is 15.0. The number of hydrogen-bond donors (Lipinski definition) is 3. The first-order valence-electron chi connectivity index (χ1n) is 11.3. The highest BCUT2D eigenvalue weighted by atomic mass is 32.1. The Morgan fingerprint density at radius 3 is 2.71 bits per heavy atom. The smallest absolute Gasteiger partial charge is 0.392 e. The molecule has 180 valence electrons. The van der Waals surface area contributed by atoms with Gasteiger partial charge in [-0.15, -0.1) is 11.3 Å². The lowest BCUT2D eigenvalue weighted by atomic mass is 10.0. The normalized spacial score (nSPS) is 16.0. The standard InChI is InChI=1S/C24H26F3N5OS/c1-14-8-18-20(12-33)15(2-3-21(18)30-14)11-32-6-4-16(5-7-32)31-22-19-9-17(10-24(25,26)27)34-23(19)29-13-28-22/h2-3,8-9,13,16,30,33H,4-7,10-12H2,1H3,(H,28,29,31). The Morgan fingerprint density at radius 2 is 1.97 bits per heavy atom. The molecule has 10 heteroatoms. The molecular weight excluding hydrogens is 463 g/mol. The number of aromatic nitrogens is 3. The molecule has 1 saturated heterocycles. The maximum Gasteiger partial charge on any atom is 0.393 e. The molecule has 1 aliphatic heterocycles. The predicted molar refractivity (Wildman–Crippen MR) is 128 cm³/mol. The molecular formula is C24H26F3N5OS. The van der Waals surface area contributed by atoms with E-state index in [-0.39, 0.29) is 17.5 Å². The number of likely N-dealkylation sites (tertiary alicyclic amines) is 1. The van der Waals surface area contributed by atoms with Crippen LogP contribution in [0.25, 0.3) is 21.1 Å². The van der Waals surface area contributed by atoms with Crippen LogP contribution in [0.2, 0.25) is 0 Å². The fraction of sp³-hybridized carbons (Fsp3) is 0.417. The lowest BCUT2D eigenvalue weighted by molar-refractivity contribution is -0.126. The molecule has 4 aromatic rings. The Morgan fingerprint density at radius 1 is 1.18 bits per heavy atom. The number of thiophene rings is 1. The first-order valence-corrected chi connectivity index (χ1v) is 12.1. The summed E-state index contributed by atoms with van der Waals surface area (Å²) in [6, 6.07) is 7.97. The van der Waals surface area contributed by atoms with E-state index in [2.05, 4.69) is 43.4 Å². The second kappa shape index (κ2) is 9.16. The second-order valence-electron chi connectivity index (χ2n) is 8.92. The molecule has 3 aromatic heterocycles. The van der Waals surface area contributed by atoms with Gasteiger partial charge in [-0.3, -0.25) is 4.90 Å². The van der Waals surface area contributed by atoms with E-state index in [9.17, 15) is 18.3 Å². The third-order valence-corrected chi connectivity index (χ3v) is 7.43. The quantitative estimate of drug-likeness (QED) is 0.349. The zero-order valence-electron chi connectivity index (χ0n) is 18.7. The van der Waals surface area contributed by atoms with E-state index < -0.39 is 12.6 Å². The third-order valence-electron chi connectivity index (χ3n) is 6.38. The third kappa shape index (κ3) is 4.89. The van der Waals surface area contributed by atoms with Gasteiger partial charge in [0.2, 0.25) is 0 Å². The fourth-order valence-electron chi connectivity index (χ4n) is 4.76. The molecule has 1 aromatic carbocycles. The van der Waals surface area contributed by atoms with Crippen molar-refractivity contribution in [2.45, 2.75) is 51.6 Å². The maximum absolute atomic E-state index is 12.8. The minimum absolute atomic E-state index is 0.00264. The molecule has 34 heavy (non-hydrogen) atoms. The summed E-state index contributed by atoms with van der Waals surface area (Å²) >= 11 is 1.07. The van der Waals surface area contributed by atoms with Gasteiger partial charge in [0.25, 0.3) is 0 Å². The molecule has 0 radical (unpaired) electrons. The van der Waals surface area contributed by atoms with Crippen LogP contribution in [0.3, 0.4) is 0 Å². The molecule has 6 nitrogen and oxygen atoms in total. The number of H-pyrrole nitrogens is 1. The number of hydrogen-bond acceptors (Lipinski definition) is 6. The average Bonchev–Trinajstić information content (AvgIpc) is 3.36. The molecule has 0 spiro atoms. The van der Waals surface area contributed by atoms with Crippen molar-refractivity contribution in [3.05, 3.63) is 52.3 Å². The molecule has 0 atom stereocenters. The van der Waals surface area contributed by atoms with Crippen LogP contribution in [0.1, 0.15) is 34.5 Å². The second-order valence-corrected chi connectivity index (χ2v) is 10.0. The number of aliphatic hydroxyl groups excluding tert-OH is 1. The first kappa shape index (κ1) is 23.1. The molecule has 0 unspecified atom stereocenters. The molecule has 3 N–H and O–H groups in total. The van der Waals surface area contributed by atoms with Gasteiger partial charge in [-0.05, 0) is 49.1 Å². The zero-order chi connectivity index (χ0) is 23.9. The number of nitrogens with one attached hydrogen (secondary N) is 2. The van der Waals surface area contributed by atoms with Crippen LogP contribution < -0.4 is 5.32 Å². The Labute approximate surface area is 198 Å². The number of rotatable bonds is 6. The van der Waals surface area contributed by atoms with Crippen LogP contribution in [-0.2, 0) is 19.6 Å². The van der Waals surface area contributed by atoms with Gasteiger partial charge < -0.3 is 15.4 Å². The van der Waals surface area contributed by atoms with Crippen molar-refractivity contribution in [2.75, 3.05) is 18.4 Å². The summed E-state index contributed by atoms with van der Waals surface area (Å²) in [7, 11) is 0. The molecule has 5 rings (SSSR count). The topological polar surface area (TPSA) is 77.1 Å². The summed E-state index contributed by atoms with van der Waals surface area (Å²) in [5.41, 5.74) is 4.21. The number of aliphatic hydroxyl groups is 1. The van der Waals surface area contributed by atoms with Crippen molar-refractivity contribution >= 4 is 38.3 Å². The highest BCUT2D eigenvalue weighted by molar-refractivity contribution is 7.18. The van der Waals surface area contributed by atoms with E-state index in [0.717, 1.165) is 71.5 Å². The van der Waals surface area contributed by atoms with Crippen LogP contribution >= 0.6 is 11.3 Å². The monoisotopic (exact) mass is 489 g/mol. The van der Waals surface area contributed by atoms with E-state index in [1.54, 1.807) is 6.07 Å². The number of halogens is 3. The number of anilines is 1. The Balaban J connectivity index is 1.24. The van der Waals surface area contributed by atoms with Crippen LogP contribution in [0.15, 0.2) is 30.6 Å². The van der Waals surface area contributed by atoms with E-state index in [1.807, 2.05) is 6.92 Å². The molecule has 4 heterocycles. The van der Waals surface area contributed by atoms with Crippen LogP contribution in [0.4, 0.5) is 19.0 Å². The van der Waals surface area contributed by atoms with Gasteiger partial charge in [0, 0.05) is 47.2 Å². The largest absolute Gasteiger partial charge is 0.393 e. The molecule has 0 amide bonds. The Kier molecular flexibility index (Phi) is 6.22. The van der Waals surface area contributed by atoms with Crippen LogP contribution in [0, 0.1) is 6.92 Å².